The lowest BCUT2D eigenvalue weighted by molar-refractivity contribution is -0.143. The summed E-state index contributed by atoms with van der Waals surface area (Å²) in [4.78, 5) is 25.8. The molecule has 1 fully saturated rings. The molecule has 3 atom stereocenters. The summed E-state index contributed by atoms with van der Waals surface area (Å²) in [6.07, 6.45) is 1.26. The van der Waals surface area contributed by atoms with Gasteiger partial charge in [-0.2, -0.15) is 0 Å². The van der Waals surface area contributed by atoms with E-state index in [0.29, 0.717) is 37.6 Å². The molecule has 0 aromatic heterocycles. The second-order valence-electron chi connectivity index (χ2n) is 6.76. The fraction of sp³-hybridized carbons (Fsp3) is 0.579. The van der Waals surface area contributed by atoms with Crippen LogP contribution in [0.3, 0.4) is 0 Å². The highest BCUT2D eigenvalue weighted by Crippen LogP contribution is 2.24. The van der Waals surface area contributed by atoms with Crippen molar-refractivity contribution in [2.45, 2.75) is 38.8 Å². The van der Waals surface area contributed by atoms with E-state index >= 15 is 0 Å². The monoisotopic (exact) mass is 397 g/mol. The van der Waals surface area contributed by atoms with Gasteiger partial charge in [0.25, 0.3) is 0 Å². The molecule has 1 aromatic carbocycles. The van der Waals surface area contributed by atoms with Crippen LogP contribution in [0.2, 0.25) is 5.02 Å². The third-order valence-electron chi connectivity index (χ3n) is 4.62. The van der Waals surface area contributed by atoms with Crippen LogP contribution in [0.25, 0.3) is 0 Å². The molecule has 3 unspecified atom stereocenters. The van der Waals surface area contributed by atoms with Crippen LogP contribution in [0.4, 0.5) is 0 Å². The van der Waals surface area contributed by atoms with Crippen molar-refractivity contribution >= 4 is 23.5 Å². The van der Waals surface area contributed by atoms with E-state index in [1.54, 1.807) is 11.8 Å². The van der Waals surface area contributed by atoms with Crippen LogP contribution < -0.4 is 10.9 Å². The van der Waals surface area contributed by atoms with Gasteiger partial charge in [0.2, 0.25) is 5.91 Å². The molecule has 7 nitrogen and oxygen atoms in total. The topological polar surface area (TPSA) is 90.9 Å². The van der Waals surface area contributed by atoms with Crippen LogP contribution in [-0.4, -0.2) is 54.2 Å². The zero-order valence-electron chi connectivity index (χ0n) is 15.8. The molecule has 27 heavy (non-hydrogen) atoms. The molecule has 3 N–H and O–H groups in total. The highest BCUT2D eigenvalue weighted by molar-refractivity contribution is 6.30. The summed E-state index contributed by atoms with van der Waals surface area (Å²) in [6.45, 7) is 5.36. The van der Waals surface area contributed by atoms with Crippen molar-refractivity contribution in [1.82, 2.24) is 15.8 Å². The maximum absolute atomic E-state index is 13.0. The Balaban J connectivity index is 1.98. The van der Waals surface area contributed by atoms with Gasteiger partial charge in [-0.15, -0.1) is 0 Å². The van der Waals surface area contributed by atoms with Crippen molar-refractivity contribution in [3.63, 3.8) is 0 Å². The normalized spacial score (nSPS) is 20.4. The van der Waals surface area contributed by atoms with Crippen molar-refractivity contribution in [1.29, 1.82) is 0 Å². The largest absolute Gasteiger partial charge is 0.481 e. The molecule has 0 aliphatic carbocycles. The first-order valence-electron chi connectivity index (χ1n) is 9.28. The zero-order valence-corrected chi connectivity index (χ0v) is 16.5. The number of aliphatic carboxylic acids is 1. The fourth-order valence-electron chi connectivity index (χ4n) is 3.05. The van der Waals surface area contributed by atoms with Crippen LogP contribution in [0.5, 0.6) is 0 Å². The van der Waals surface area contributed by atoms with Crippen molar-refractivity contribution in [2.75, 3.05) is 26.3 Å². The number of carbonyl (C=O) groups is 2. The highest BCUT2D eigenvalue weighted by Gasteiger charge is 2.33. The lowest BCUT2D eigenvalue weighted by Gasteiger charge is -2.27. The third-order valence-corrected chi connectivity index (χ3v) is 4.87. The van der Waals surface area contributed by atoms with Crippen molar-refractivity contribution in [3.05, 3.63) is 34.9 Å². The third kappa shape index (κ3) is 6.46. The smallest absolute Gasteiger partial charge is 0.308 e. The van der Waals surface area contributed by atoms with Crippen LogP contribution in [0.1, 0.15) is 38.3 Å². The lowest BCUT2D eigenvalue weighted by atomic mass is 10.0. The number of rotatable bonds is 10. The number of nitrogens with one attached hydrogen (secondary N) is 2. The molecule has 8 heteroatoms. The molecule has 1 aliphatic rings. The molecule has 150 valence electrons. The van der Waals surface area contributed by atoms with Gasteiger partial charge in [0.1, 0.15) is 6.04 Å². The van der Waals surface area contributed by atoms with Gasteiger partial charge >= 0.3 is 5.97 Å². The average molecular weight is 398 g/mol. The summed E-state index contributed by atoms with van der Waals surface area (Å²) in [5.41, 5.74) is 7.25. The number of amides is 1. The van der Waals surface area contributed by atoms with Crippen LogP contribution in [0.15, 0.2) is 24.3 Å². The summed E-state index contributed by atoms with van der Waals surface area (Å²) < 4.78 is 5.33. The number of hydrogen-bond donors (Lipinski definition) is 3. The van der Waals surface area contributed by atoms with Gasteiger partial charge in [0, 0.05) is 37.4 Å². The summed E-state index contributed by atoms with van der Waals surface area (Å²) in [5.74, 6) is -1.62. The molecule has 0 radical (unpaired) electrons. The van der Waals surface area contributed by atoms with Crippen molar-refractivity contribution in [2.24, 2.45) is 5.92 Å². The molecule has 1 saturated heterocycles. The number of nitrogens with zero attached hydrogens (tertiary/aromatic N) is 1. The molecule has 1 amide bonds. The number of hydrazine groups is 1. The number of halogens is 1. The Morgan fingerprint density at radius 1 is 1.33 bits per heavy atom. The first kappa shape index (κ1) is 21.6. The van der Waals surface area contributed by atoms with Crippen molar-refractivity contribution in [3.8, 4) is 0 Å². The first-order chi connectivity index (χ1) is 12.9. The lowest BCUT2D eigenvalue weighted by Crippen LogP contribution is -2.48. The predicted octanol–water partition coefficient (Wildman–Crippen LogP) is 2.22. The number of carbonyl (C=O) groups excluding carboxylic acids is 1. The van der Waals surface area contributed by atoms with E-state index in [1.165, 1.54) is 0 Å². The van der Waals surface area contributed by atoms with E-state index in [1.807, 2.05) is 31.2 Å². The van der Waals surface area contributed by atoms with Gasteiger partial charge in [0.05, 0.1) is 5.92 Å². The van der Waals surface area contributed by atoms with E-state index in [-0.39, 0.29) is 18.5 Å². The Labute approximate surface area is 165 Å². The van der Waals surface area contributed by atoms with E-state index < -0.39 is 17.9 Å². The summed E-state index contributed by atoms with van der Waals surface area (Å²) >= 11 is 5.93. The Kier molecular flexibility index (Phi) is 8.50. The number of carboxylic acid groups (broad SMARTS) is 1. The summed E-state index contributed by atoms with van der Waals surface area (Å²) in [7, 11) is 0. The molecule has 1 aromatic rings. The average Bonchev–Trinajstić information content (AvgIpc) is 3.14. The minimum Gasteiger partial charge on any atom is -0.481 e. The number of carboxylic acids is 1. The Morgan fingerprint density at radius 3 is 2.67 bits per heavy atom. The SMILES string of the molecule is CCOCCCN(CC(C)C(=O)O)C(=O)C1CC(c2ccc(Cl)cc2)NN1. The molecular weight excluding hydrogens is 370 g/mol. The summed E-state index contributed by atoms with van der Waals surface area (Å²) in [6, 6.07) is 7.10. The van der Waals surface area contributed by atoms with Crippen molar-refractivity contribution < 1.29 is 19.4 Å². The van der Waals surface area contributed by atoms with Gasteiger partial charge in [-0.1, -0.05) is 30.7 Å². The quantitative estimate of drug-likeness (QED) is 0.524. The molecule has 0 saturated carbocycles. The van der Waals surface area contributed by atoms with Crippen LogP contribution >= 0.6 is 11.6 Å². The maximum atomic E-state index is 13.0. The molecule has 1 heterocycles. The molecular formula is C19H28ClN3O4. The molecule has 2 rings (SSSR count). The summed E-state index contributed by atoms with van der Waals surface area (Å²) in [5, 5.41) is 9.87. The van der Waals surface area contributed by atoms with Gasteiger partial charge < -0.3 is 14.7 Å². The highest BCUT2D eigenvalue weighted by atomic mass is 35.5. The maximum Gasteiger partial charge on any atom is 0.308 e. The predicted molar refractivity (Wildman–Crippen MR) is 103 cm³/mol. The molecule has 0 spiro atoms. The Morgan fingerprint density at radius 2 is 2.04 bits per heavy atom. The number of benzene rings is 1. The number of ether oxygens (including phenoxy) is 1. The van der Waals surface area contributed by atoms with E-state index in [9.17, 15) is 14.7 Å². The molecule has 1 aliphatic heterocycles. The first-order valence-corrected chi connectivity index (χ1v) is 9.66. The Bertz CT molecular complexity index is 626. The molecule has 0 bridgehead atoms. The zero-order chi connectivity index (χ0) is 19.8. The minimum atomic E-state index is -0.908. The minimum absolute atomic E-state index is 0.00149. The van der Waals surface area contributed by atoms with Gasteiger partial charge in [-0.05, 0) is 37.5 Å². The Hall–Kier alpha value is -1.67. The van der Waals surface area contributed by atoms with Gasteiger partial charge in [-0.3, -0.25) is 9.59 Å². The fourth-order valence-corrected chi connectivity index (χ4v) is 3.18. The van der Waals surface area contributed by atoms with E-state index in [0.717, 1.165) is 5.56 Å². The second kappa shape index (κ2) is 10.6. The number of hydrogen-bond acceptors (Lipinski definition) is 5. The van der Waals surface area contributed by atoms with Gasteiger partial charge in [0.15, 0.2) is 0 Å². The second-order valence-corrected chi connectivity index (χ2v) is 7.19. The van der Waals surface area contributed by atoms with E-state index in [4.69, 9.17) is 16.3 Å². The van der Waals surface area contributed by atoms with E-state index in [2.05, 4.69) is 10.9 Å². The van der Waals surface area contributed by atoms with Crippen LogP contribution in [-0.2, 0) is 14.3 Å². The van der Waals surface area contributed by atoms with Crippen LogP contribution in [0, 0.1) is 5.92 Å². The standard InChI is InChI=1S/C19H28ClN3O4/c1-3-27-10-4-9-23(12-13(2)19(25)26)18(24)17-11-16(21-22-17)14-5-7-15(20)8-6-14/h5-8,13,16-17,21-22H,3-4,9-12H2,1-2H3,(H,25,26). The van der Waals surface area contributed by atoms with Gasteiger partial charge in [-0.25, -0.2) is 10.9 Å².